The number of aromatic nitrogens is 2. The van der Waals surface area contributed by atoms with Crippen molar-refractivity contribution in [1.82, 2.24) is 19.4 Å². The fourth-order valence-electron chi connectivity index (χ4n) is 5.53. The van der Waals surface area contributed by atoms with Crippen LogP contribution < -0.4 is 4.90 Å². The molecule has 2 saturated heterocycles. The molecule has 2 aliphatic rings. The van der Waals surface area contributed by atoms with Gasteiger partial charge in [-0.15, -0.1) is 0 Å². The Morgan fingerprint density at radius 3 is 2.62 bits per heavy atom. The van der Waals surface area contributed by atoms with Crippen LogP contribution in [0.4, 0.5) is 10.5 Å². The first-order chi connectivity index (χ1) is 18.0. The van der Waals surface area contributed by atoms with Gasteiger partial charge in [-0.05, 0) is 62.4 Å². The van der Waals surface area contributed by atoms with Gasteiger partial charge in [-0.3, -0.25) is 0 Å². The van der Waals surface area contributed by atoms with Gasteiger partial charge in [0.15, 0.2) is 0 Å². The standard InChI is InChI=1S/C29H36N6O2/c1-22(2)34-13-3-5-25(20-34)23-6-8-24(9-7-23)26-19-28-27(10-12-31-35(28)21-26)32-14-16-33(17-15-32)29(36)37-18-4-11-30/h6-10,12,19,21-22,25H,3-5,13-18,20H2,1-2H3/t25-/m1/s1. The van der Waals surface area contributed by atoms with Crippen LogP contribution in [-0.4, -0.2) is 77.4 Å². The number of nitriles is 1. The largest absolute Gasteiger partial charge is 0.448 e. The van der Waals surface area contributed by atoms with Crippen molar-refractivity contribution >= 4 is 17.3 Å². The van der Waals surface area contributed by atoms with E-state index in [0.29, 0.717) is 25.0 Å². The molecule has 0 unspecified atom stereocenters. The number of anilines is 1. The van der Waals surface area contributed by atoms with Crippen molar-refractivity contribution in [3.05, 3.63) is 54.4 Å². The summed E-state index contributed by atoms with van der Waals surface area (Å²) in [5.41, 5.74) is 5.96. The lowest BCUT2D eigenvalue weighted by molar-refractivity contribution is 0.102. The number of carbonyl (C=O) groups is 1. The van der Waals surface area contributed by atoms with E-state index < -0.39 is 0 Å². The monoisotopic (exact) mass is 500 g/mol. The van der Waals surface area contributed by atoms with Gasteiger partial charge in [0.05, 0.1) is 23.7 Å². The van der Waals surface area contributed by atoms with Crippen LogP contribution in [0.15, 0.2) is 48.8 Å². The number of likely N-dealkylation sites (tertiary alicyclic amines) is 1. The molecule has 0 N–H and O–H groups in total. The summed E-state index contributed by atoms with van der Waals surface area (Å²) in [6, 6.07) is 15.9. The van der Waals surface area contributed by atoms with Crippen LogP contribution in [-0.2, 0) is 4.74 Å². The van der Waals surface area contributed by atoms with Crippen LogP contribution in [0.3, 0.4) is 0 Å². The van der Waals surface area contributed by atoms with E-state index in [-0.39, 0.29) is 19.1 Å². The molecule has 2 fully saturated rings. The Labute approximate surface area is 219 Å². The molecule has 194 valence electrons. The van der Waals surface area contributed by atoms with Crippen LogP contribution in [0.2, 0.25) is 0 Å². The maximum Gasteiger partial charge on any atom is 0.409 e. The molecule has 0 radical (unpaired) electrons. The molecular formula is C29H36N6O2. The summed E-state index contributed by atoms with van der Waals surface area (Å²) in [5.74, 6) is 0.605. The molecule has 3 aromatic rings. The van der Waals surface area contributed by atoms with Gasteiger partial charge in [-0.2, -0.15) is 10.4 Å². The van der Waals surface area contributed by atoms with E-state index >= 15 is 0 Å². The topological polar surface area (TPSA) is 77.1 Å². The highest BCUT2D eigenvalue weighted by Crippen LogP contribution is 2.32. The minimum Gasteiger partial charge on any atom is -0.448 e. The summed E-state index contributed by atoms with van der Waals surface area (Å²) in [4.78, 5) is 18.8. The van der Waals surface area contributed by atoms with Crippen LogP contribution in [0.5, 0.6) is 0 Å². The first-order valence-electron chi connectivity index (χ1n) is 13.4. The second kappa shape index (κ2) is 11.2. The van der Waals surface area contributed by atoms with Gasteiger partial charge >= 0.3 is 6.09 Å². The highest BCUT2D eigenvalue weighted by Gasteiger charge is 2.25. The van der Waals surface area contributed by atoms with E-state index in [1.165, 1.54) is 30.5 Å². The Morgan fingerprint density at radius 1 is 1.11 bits per heavy atom. The van der Waals surface area contributed by atoms with Crippen molar-refractivity contribution in [2.24, 2.45) is 0 Å². The van der Waals surface area contributed by atoms with Crippen LogP contribution in [0, 0.1) is 11.3 Å². The normalized spacial score (nSPS) is 18.8. The molecule has 0 aliphatic carbocycles. The number of rotatable bonds is 6. The molecule has 4 heterocycles. The molecule has 2 aliphatic heterocycles. The van der Waals surface area contributed by atoms with E-state index in [1.54, 1.807) is 4.90 Å². The molecule has 1 amide bonds. The van der Waals surface area contributed by atoms with Gasteiger partial charge in [0.1, 0.15) is 6.61 Å². The SMILES string of the molecule is CC(C)N1CCC[C@@H](c2ccc(-c3cc4c(N5CCN(C(=O)OCCC#N)CC5)ccnn4c3)cc2)C1. The third-order valence-corrected chi connectivity index (χ3v) is 7.70. The summed E-state index contributed by atoms with van der Waals surface area (Å²) < 4.78 is 7.12. The number of amides is 1. The lowest BCUT2D eigenvalue weighted by atomic mass is 9.89. The van der Waals surface area contributed by atoms with E-state index in [4.69, 9.17) is 10.00 Å². The van der Waals surface area contributed by atoms with Crippen molar-refractivity contribution in [2.45, 2.75) is 45.1 Å². The molecule has 37 heavy (non-hydrogen) atoms. The lowest BCUT2D eigenvalue weighted by Crippen LogP contribution is -2.49. The number of fused-ring (bicyclic) bond motifs is 1. The van der Waals surface area contributed by atoms with Crippen molar-refractivity contribution in [2.75, 3.05) is 50.8 Å². The third kappa shape index (κ3) is 5.57. The molecule has 2 aromatic heterocycles. The molecule has 8 heteroatoms. The van der Waals surface area contributed by atoms with Gasteiger partial charge < -0.3 is 19.4 Å². The second-order valence-electron chi connectivity index (χ2n) is 10.3. The second-order valence-corrected chi connectivity index (χ2v) is 10.3. The molecule has 0 bridgehead atoms. The summed E-state index contributed by atoms with van der Waals surface area (Å²) in [6.45, 7) is 9.69. The zero-order valence-electron chi connectivity index (χ0n) is 21.8. The molecule has 0 saturated carbocycles. The Morgan fingerprint density at radius 2 is 1.89 bits per heavy atom. The van der Waals surface area contributed by atoms with E-state index in [0.717, 1.165) is 36.4 Å². The summed E-state index contributed by atoms with van der Waals surface area (Å²) >= 11 is 0. The van der Waals surface area contributed by atoms with Crippen molar-refractivity contribution in [1.29, 1.82) is 5.26 Å². The van der Waals surface area contributed by atoms with Gasteiger partial charge in [-0.25, -0.2) is 9.31 Å². The number of piperazine rings is 1. The Bertz CT molecular complexity index is 1250. The Kier molecular flexibility index (Phi) is 7.61. The molecule has 1 aromatic carbocycles. The number of piperidine rings is 1. The average molecular weight is 501 g/mol. The highest BCUT2D eigenvalue weighted by molar-refractivity contribution is 5.80. The predicted octanol–water partition coefficient (Wildman–Crippen LogP) is 4.76. The molecule has 0 spiro atoms. The fourth-order valence-corrected chi connectivity index (χ4v) is 5.53. The van der Waals surface area contributed by atoms with Crippen molar-refractivity contribution in [3.8, 4) is 17.2 Å². The van der Waals surface area contributed by atoms with E-state index in [2.05, 4.69) is 65.3 Å². The maximum atomic E-state index is 12.2. The number of nitrogens with zero attached hydrogens (tertiary/aromatic N) is 6. The minimum absolute atomic E-state index is 0.144. The van der Waals surface area contributed by atoms with Gasteiger partial charge in [0, 0.05) is 56.7 Å². The lowest BCUT2D eigenvalue weighted by Gasteiger charge is -2.35. The van der Waals surface area contributed by atoms with Gasteiger partial charge in [0.25, 0.3) is 0 Å². The maximum absolute atomic E-state index is 12.2. The zero-order valence-corrected chi connectivity index (χ0v) is 21.8. The highest BCUT2D eigenvalue weighted by atomic mass is 16.6. The minimum atomic E-state index is -0.340. The third-order valence-electron chi connectivity index (χ3n) is 7.70. The Hall–Kier alpha value is -3.57. The van der Waals surface area contributed by atoms with Crippen LogP contribution in [0.25, 0.3) is 16.6 Å². The van der Waals surface area contributed by atoms with E-state index in [9.17, 15) is 4.79 Å². The molecular weight excluding hydrogens is 464 g/mol. The smallest absolute Gasteiger partial charge is 0.409 e. The zero-order chi connectivity index (χ0) is 25.8. The fraction of sp³-hybridized carbons (Fsp3) is 0.483. The van der Waals surface area contributed by atoms with Crippen molar-refractivity contribution < 1.29 is 9.53 Å². The Balaban J connectivity index is 1.27. The number of carbonyl (C=O) groups excluding carboxylic acids is 1. The summed E-state index contributed by atoms with van der Waals surface area (Å²) in [7, 11) is 0. The van der Waals surface area contributed by atoms with Gasteiger partial charge in [-0.1, -0.05) is 24.3 Å². The van der Waals surface area contributed by atoms with E-state index in [1.807, 2.05) is 22.8 Å². The summed E-state index contributed by atoms with van der Waals surface area (Å²) in [5, 5.41) is 13.2. The summed E-state index contributed by atoms with van der Waals surface area (Å²) in [6.07, 6.45) is 6.33. The van der Waals surface area contributed by atoms with Crippen LogP contribution in [0.1, 0.15) is 44.6 Å². The van der Waals surface area contributed by atoms with Crippen LogP contribution >= 0.6 is 0 Å². The number of hydrogen-bond donors (Lipinski definition) is 0. The molecule has 1 atom stereocenters. The average Bonchev–Trinajstić information content (AvgIpc) is 3.38. The number of hydrogen-bond acceptors (Lipinski definition) is 6. The predicted molar refractivity (Wildman–Crippen MR) is 145 cm³/mol. The first kappa shape index (κ1) is 25.1. The first-order valence-corrected chi connectivity index (χ1v) is 13.4. The quantitative estimate of drug-likeness (QED) is 0.454. The molecule has 8 nitrogen and oxygen atoms in total. The number of ether oxygens (including phenoxy) is 1. The number of benzene rings is 1. The van der Waals surface area contributed by atoms with Gasteiger partial charge in [0.2, 0.25) is 0 Å². The molecule has 5 rings (SSSR count). The van der Waals surface area contributed by atoms with Crippen molar-refractivity contribution in [3.63, 3.8) is 0 Å².